The molecule has 7 atom stereocenters. The molecule has 5 nitrogen and oxygen atoms in total. The van der Waals surface area contributed by atoms with Gasteiger partial charge in [-0.3, -0.25) is 0 Å². The Kier molecular flexibility index (Phi) is 5.07. The highest BCUT2D eigenvalue weighted by Crippen LogP contribution is 2.64. The van der Waals surface area contributed by atoms with E-state index in [9.17, 15) is 5.11 Å². The van der Waals surface area contributed by atoms with E-state index in [1.54, 1.807) is 4.80 Å². The fourth-order valence-electron chi connectivity index (χ4n) is 7.71. The third-order valence-electron chi connectivity index (χ3n) is 9.01. The van der Waals surface area contributed by atoms with E-state index in [-0.39, 0.29) is 0 Å². The predicted molar refractivity (Wildman–Crippen MR) is 116 cm³/mol. The van der Waals surface area contributed by atoms with Crippen molar-refractivity contribution in [1.29, 1.82) is 0 Å². The number of hydrogen-bond acceptors (Lipinski definition) is 4. The standard InChI is InChI=1S/C24H31ClN4O/c1-16(14-29-27-15-26-28-29)21-5-6-22-20-4-3-17-13-24(30,11-12-25)10-8-18(17)19(20)7-9-23(21,22)2/h3,15,18-22,30H,1,4-10,13-14H2,2H3/t18-,19+,20+,21+,22-,23+,24-/m0/s1. The molecule has 1 N–H and O–H groups in total. The van der Waals surface area contributed by atoms with Crippen LogP contribution in [0.5, 0.6) is 0 Å². The van der Waals surface area contributed by atoms with Crippen LogP contribution >= 0.6 is 11.6 Å². The maximum atomic E-state index is 10.8. The third kappa shape index (κ3) is 3.24. The summed E-state index contributed by atoms with van der Waals surface area (Å²) in [7, 11) is 0. The van der Waals surface area contributed by atoms with Crippen molar-refractivity contribution in [1.82, 2.24) is 20.2 Å². The number of fused-ring (bicyclic) bond motifs is 5. The molecular formula is C24H31ClN4O. The highest BCUT2D eigenvalue weighted by Gasteiger charge is 2.56. The molecule has 0 spiro atoms. The highest BCUT2D eigenvalue weighted by molar-refractivity contribution is 6.30. The Labute approximate surface area is 184 Å². The molecule has 0 bridgehead atoms. The van der Waals surface area contributed by atoms with E-state index in [1.807, 2.05) is 0 Å². The number of hydrogen-bond donors (Lipinski definition) is 1. The van der Waals surface area contributed by atoms with Gasteiger partial charge in [-0.15, -0.1) is 10.2 Å². The van der Waals surface area contributed by atoms with Crippen LogP contribution in [-0.2, 0) is 6.54 Å². The van der Waals surface area contributed by atoms with Crippen molar-refractivity contribution in [3.05, 3.63) is 30.1 Å². The summed E-state index contributed by atoms with van der Waals surface area (Å²) in [5.74, 6) is 6.26. The molecule has 1 aromatic rings. The molecule has 1 aromatic heterocycles. The van der Waals surface area contributed by atoms with Gasteiger partial charge in [0, 0.05) is 11.8 Å². The van der Waals surface area contributed by atoms with Crippen molar-refractivity contribution < 1.29 is 5.11 Å². The van der Waals surface area contributed by atoms with Crippen LogP contribution in [0.1, 0.15) is 58.3 Å². The fourth-order valence-corrected chi connectivity index (χ4v) is 7.89. The smallest absolute Gasteiger partial charge is 0.162 e. The van der Waals surface area contributed by atoms with Crippen LogP contribution in [0.2, 0.25) is 0 Å². The van der Waals surface area contributed by atoms with Gasteiger partial charge in [-0.25, -0.2) is 0 Å². The van der Waals surface area contributed by atoms with Gasteiger partial charge in [0.2, 0.25) is 0 Å². The van der Waals surface area contributed by atoms with Gasteiger partial charge in [0.25, 0.3) is 0 Å². The summed E-state index contributed by atoms with van der Waals surface area (Å²) in [6, 6.07) is 0. The van der Waals surface area contributed by atoms with Crippen LogP contribution in [0.15, 0.2) is 30.1 Å². The normalized spacial score (nSPS) is 42.2. The number of rotatable bonds is 3. The summed E-state index contributed by atoms with van der Waals surface area (Å²) >= 11 is 5.61. The van der Waals surface area contributed by atoms with Crippen molar-refractivity contribution in [3.63, 3.8) is 0 Å². The molecule has 6 heteroatoms. The van der Waals surface area contributed by atoms with Gasteiger partial charge >= 0.3 is 0 Å². The van der Waals surface area contributed by atoms with E-state index in [1.165, 1.54) is 43.2 Å². The average molecular weight is 427 g/mol. The second-order valence-electron chi connectivity index (χ2n) is 10.3. The topological polar surface area (TPSA) is 63.8 Å². The number of allylic oxidation sites excluding steroid dienone is 2. The Morgan fingerprint density at radius 2 is 2.17 bits per heavy atom. The molecular weight excluding hydrogens is 396 g/mol. The van der Waals surface area contributed by atoms with E-state index in [0.29, 0.717) is 30.2 Å². The molecule has 160 valence electrons. The first kappa shape index (κ1) is 20.3. The Hall–Kier alpha value is -1.64. The van der Waals surface area contributed by atoms with Gasteiger partial charge in [-0.1, -0.05) is 36.6 Å². The van der Waals surface area contributed by atoms with Gasteiger partial charge in [0.05, 0.1) is 6.54 Å². The third-order valence-corrected chi connectivity index (χ3v) is 9.11. The van der Waals surface area contributed by atoms with Crippen LogP contribution < -0.4 is 0 Å². The quantitative estimate of drug-likeness (QED) is 0.576. The molecule has 3 fully saturated rings. The lowest BCUT2D eigenvalue weighted by Crippen LogP contribution is -2.47. The molecule has 4 aliphatic rings. The predicted octanol–water partition coefficient (Wildman–Crippen LogP) is 4.35. The van der Waals surface area contributed by atoms with E-state index in [4.69, 9.17) is 11.6 Å². The first-order chi connectivity index (χ1) is 14.4. The fraction of sp³-hybridized carbons (Fsp3) is 0.708. The minimum atomic E-state index is -0.925. The zero-order chi connectivity index (χ0) is 20.9. The largest absolute Gasteiger partial charge is 0.377 e. The van der Waals surface area contributed by atoms with E-state index < -0.39 is 5.60 Å². The lowest BCUT2D eigenvalue weighted by molar-refractivity contribution is -0.0205. The summed E-state index contributed by atoms with van der Waals surface area (Å²) in [5, 5.41) is 25.2. The maximum Gasteiger partial charge on any atom is 0.162 e. The van der Waals surface area contributed by atoms with Crippen molar-refractivity contribution >= 4 is 11.6 Å². The zero-order valence-electron chi connectivity index (χ0n) is 17.7. The molecule has 0 radical (unpaired) electrons. The SMILES string of the molecule is C=C(Cn1ncnn1)[C@H]1CC[C@H]2[C@@H]3CC=C4C[C@@](O)(C#CCl)CC[C@@H]4[C@H]3CC[C@]12C. The molecule has 0 aromatic carbocycles. The summed E-state index contributed by atoms with van der Waals surface area (Å²) in [4.78, 5) is 1.66. The number of aliphatic hydroxyl groups is 1. The van der Waals surface area contributed by atoms with Crippen molar-refractivity contribution in [2.24, 2.45) is 35.0 Å². The Morgan fingerprint density at radius 3 is 2.93 bits per heavy atom. The minimum Gasteiger partial charge on any atom is -0.377 e. The summed E-state index contributed by atoms with van der Waals surface area (Å²) in [6.45, 7) is 7.65. The minimum absolute atomic E-state index is 0.323. The van der Waals surface area contributed by atoms with Crippen LogP contribution in [0.4, 0.5) is 0 Å². The van der Waals surface area contributed by atoms with E-state index in [2.05, 4.69) is 46.3 Å². The summed E-state index contributed by atoms with van der Waals surface area (Å²) < 4.78 is 0. The monoisotopic (exact) mass is 426 g/mol. The van der Waals surface area contributed by atoms with Gasteiger partial charge in [0.15, 0.2) is 6.33 Å². The Bertz CT molecular complexity index is 915. The van der Waals surface area contributed by atoms with Crippen molar-refractivity contribution in [2.45, 2.75) is 70.4 Å². The average Bonchev–Trinajstić information content (AvgIpc) is 3.34. The second-order valence-corrected chi connectivity index (χ2v) is 10.5. The van der Waals surface area contributed by atoms with Gasteiger partial charge < -0.3 is 5.11 Å². The van der Waals surface area contributed by atoms with Crippen molar-refractivity contribution in [3.8, 4) is 11.3 Å². The molecule has 0 aliphatic heterocycles. The van der Waals surface area contributed by atoms with E-state index >= 15 is 0 Å². The van der Waals surface area contributed by atoms with Gasteiger partial charge in [0.1, 0.15) is 5.60 Å². The number of nitrogens with zero attached hydrogens (tertiary/aromatic N) is 4. The first-order valence-electron chi connectivity index (χ1n) is 11.4. The Morgan fingerprint density at radius 1 is 1.30 bits per heavy atom. The number of tetrazole rings is 1. The second kappa shape index (κ2) is 7.50. The Balaban J connectivity index is 1.34. The molecule has 30 heavy (non-hydrogen) atoms. The summed E-state index contributed by atoms with van der Waals surface area (Å²) in [6.07, 6.45) is 12.6. The molecule has 4 aliphatic carbocycles. The highest BCUT2D eigenvalue weighted by atomic mass is 35.5. The molecule has 1 heterocycles. The van der Waals surface area contributed by atoms with Crippen LogP contribution in [0.3, 0.4) is 0 Å². The van der Waals surface area contributed by atoms with Crippen LogP contribution in [0, 0.1) is 46.3 Å². The van der Waals surface area contributed by atoms with E-state index in [0.717, 1.165) is 37.0 Å². The number of aromatic nitrogens is 4. The lowest BCUT2D eigenvalue weighted by Gasteiger charge is -2.54. The maximum absolute atomic E-state index is 10.8. The molecule has 0 unspecified atom stereocenters. The molecule has 0 amide bonds. The molecule has 5 rings (SSSR count). The van der Waals surface area contributed by atoms with Crippen LogP contribution in [0.25, 0.3) is 0 Å². The summed E-state index contributed by atoms with van der Waals surface area (Å²) in [5.41, 5.74) is 2.09. The first-order valence-corrected chi connectivity index (χ1v) is 11.7. The zero-order valence-corrected chi connectivity index (χ0v) is 18.5. The number of halogens is 1. The molecule has 3 saturated carbocycles. The van der Waals surface area contributed by atoms with Crippen LogP contribution in [-0.4, -0.2) is 30.9 Å². The lowest BCUT2D eigenvalue weighted by atomic mass is 9.51. The van der Waals surface area contributed by atoms with Crippen molar-refractivity contribution in [2.75, 3.05) is 0 Å². The van der Waals surface area contributed by atoms with Gasteiger partial charge in [-0.2, -0.15) is 4.80 Å². The van der Waals surface area contributed by atoms with Gasteiger partial charge in [-0.05, 0) is 96.8 Å². The molecule has 0 saturated heterocycles.